The molecule has 6 N–H and O–H groups in total. The standard InChI is InChI=1S/C16H26.2H3O4P/c1-8-12-9-13(15(2,3)4)11-14(10-12)16(5,6)7;2*1-5(2,3)4/h9-11H,8H2,1-7H3;2*(H3,1,2,3,4). The van der Waals surface area contributed by atoms with E-state index < -0.39 is 15.6 Å². The average Bonchev–Trinajstić information content (AvgIpc) is 2.32. The molecule has 1 aromatic carbocycles. The Morgan fingerprint density at radius 2 is 0.923 bits per heavy atom. The summed E-state index contributed by atoms with van der Waals surface area (Å²) in [7, 11) is -9.28. The summed E-state index contributed by atoms with van der Waals surface area (Å²) in [6, 6.07) is 7.09. The van der Waals surface area contributed by atoms with E-state index in [2.05, 4.69) is 66.7 Å². The number of hydrogen-bond acceptors (Lipinski definition) is 2. The van der Waals surface area contributed by atoms with Gasteiger partial charge < -0.3 is 29.4 Å². The van der Waals surface area contributed by atoms with Crippen LogP contribution in [0.5, 0.6) is 0 Å². The van der Waals surface area contributed by atoms with E-state index in [1.165, 1.54) is 16.7 Å². The van der Waals surface area contributed by atoms with Crippen molar-refractivity contribution < 1.29 is 38.5 Å². The van der Waals surface area contributed by atoms with Crippen LogP contribution in [0, 0.1) is 0 Å². The van der Waals surface area contributed by atoms with Gasteiger partial charge in [0.2, 0.25) is 0 Å². The second-order valence-corrected chi connectivity index (χ2v) is 9.85. The maximum absolute atomic E-state index is 8.88. The van der Waals surface area contributed by atoms with Crippen LogP contribution in [0.15, 0.2) is 18.2 Å². The van der Waals surface area contributed by atoms with Gasteiger partial charge in [0.25, 0.3) is 0 Å². The van der Waals surface area contributed by atoms with Gasteiger partial charge in [-0.3, -0.25) is 0 Å². The zero-order valence-corrected chi connectivity index (χ0v) is 18.1. The number of rotatable bonds is 1. The fraction of sp³-hybridized carbons (Fsp3) is 0.625. The van der Waals surface area contributed by atoms with Gasteiger partial charge in [-0.15, -0.1) is 0 Å². The van der Waals surface area contributed by atoms with Crippen LogP contribution < -0.4 is 0 Å². The maximum Gasteiger partial charge on any atom is 0.466 e. The van der Waals surface area contributed by atoms with Crippen molar-refractivity contribution in [3.63, 3.8) is 0 Å². The summed E-state index contributed by atoms with van der Waals surface area (Å²) >= 11 is 0. The molecule has 10 heteroatoms. The fourth-order valence-corrected chi connectivity index (χ4v) is 1.76. The number of aryl methyl sites for hydroxylation is 1. The van der Waals surface area contributed by atoms with E-state index in [4.69, 9.17) is 38.5 Å². The van der Waals surface area contributed by atoms with Crippen molar-refractivity contribution in [3.8, 4) is 0 Å². The summed E-state index contributed by atoms with van der Waals surface area (Å²) in [5, 5.41) is 0. The first kappa shape index (κ1) is 27.7. The molecule has 1 rings (SSSR count). The summed E-state index contributed by atoms with van der Waals surface area (Å²) in [4.78, 5) is 43.1. The lowest BCUT2D eigenvalue weighted by Crippen LogP contribution is -2.16. The largest absolute Gasteiger partial charge is 0.466 e. The lowest BCUT2D eigenvalue weighted by atomic mass is 9.79. The van der Waals surface area contributed by atoms with E-state index in [-0.39, 0.29) is 10.8 Å². The number of phosphoric acid groups is 2. The highest BCUT2D eigenvalue weighted by Crippen LogP contribution is 2.30. The van der Waals surface area contributed by atoms with Gasteiger partial charge in [0.05, 0.1) is 0 Å². The summed E-state index contributed by atoms with van der Waals surface area (Å²) < 4.78 is 17.8. The van der Waals surface area contributed by atoms with Crippen molar-refractivity contribution in [2.24, 2.45) is 0 Å². The molecule has 0 spiro atoms. The van der Waals surface area contributed by atoms with Crippen molar-refractivity contribution in [2.75, 3.05) is 0 Å². The van der Waals surface area contributed by atoms with Crippen LogP contribution in [0.3, 0.4) is 0 Å². The minimum atomic E-state index is -4.64. The zero-order valence-electron chi connectivity index (χ0n) is 16.3. The van der Waals surface area contributed by atoms with Crippen LogP contribution in [0.4, 0.5) is 0 Å². The summed E-state index contributed by atoms with van der Waals surface area (Å²) in [5.41, 5.74) is 4.85. The van der Waals surface area contributed by atoms with Crippen molar-refractivity contribution in [2.45, 2.75) is 65.7 Å². The molecule has 154 valence electrons. The van der Waals surface area contributed by atoms with Crippen LogP contribution in [0.1, 0.15) is 65.2 Å². The molecule has 0 aliphatic rings. The Morgan fingerprint density at radius 3 is 1.08 bits per heavy atom. The highest BCUT2D eigenvalue weighted by Gasteiger charge is 2.19. The van der Waals surface area contributed by atoms with Crippen molar-refractivity contribution in [1.29, 1.82) is 0 Å². The quantitative estimate of drug-likeness (QED) is 0.383. The minimum absolute atomic E-state index is 0.241. The molecule has 0 amide bonds. The van der Waals surface area contributed by atoms with Gasteiger partial charge in [0.15, 0.2) is 0 Å². The van der Waals surface area contributed by atoms with E-state index in [0.717, 1.165) is 6.42 Å². The van der Waals surface area contributed by atoms with Gasteiger partial charge in [-0.1, -0.05) is 66.7 Å². The summed E-state index contributed by atoms with van der Waals surface area (Å²) in [5.74, 6) is 0. The molecule has 0 heterocycles. The van der Waals surface area contributed by atoms with Crippen LogP contribution in [0.2, 0.25) is 0 Å². The van der Waals surface area contributed by atoms with E-state index in [1.54, 1.807) is 0 Å². The molecule has 1 aromatic rings. The Hall–Kier alpha value is -0.560. The Balaban J connectivity index is 0. The van der Waals surface area contributed by atoms with Gasteiger partial charge in [-0.05, 0) is 33.9 Å². The first-order valence-electron chi connectivity index (χ1n) is 7.86. The second-order valence-electron chi connectivity index (χ2n) is 7.80. The van der Waals surface area contributed by atoms with E-state index >= 15 is 0 Å². The average molecular weight is 414 g/mol. The van der Waals surface area contributed by atoms with Crippen LogP contribution in [-0.2, 0) is 26.4 Å². The lowest BCUT2D eigenvalue weighted by molar-refractivity contribution is 0.272. The highest BCUT2D eigenvalue weighted by atomic mass is 31.2. The molecule has 0 bridgehead atoms. The van der Waals surface area contributed by atoms with E-state index in [0.29, 0.717) is 0 Å². The fourth-order valence-electron chi connectivity index (χ4n) is 1.76. The van der Waals surface area contributed by atoms with Crippen molar-refractivity contribution >= 4 is 15.6 Å². The maximum atomic E-state index is 8.88. The third-order valence-electron chi connectivity index (χ3n) is 3.13. The molecular weight excluding hydrogens is 382 g/mol. The minimum Gasteiger partial charge on any atom is -0.303 e. The normalized spacial score (nSPS) is 12.5. The molecular formula is C16H32O8P2. The van der Waals surface area contributed by atoms with Gasteiger partial charge in [0, 0.05) is 0 Å². The Kier molecular flexibility index (Phi) is 10.8. The molecule has 0 radical (unpaired) electrons. The lowest BCUT2D eigenvalue weighted by Gasteiger charge is -2.26. The third-order valence-corrected chi connectivity index (χ3v) is 3.13. The van der Waals surface area contributed by atoms with Crippen molar-refractivity contribution in [3.05, 3.63) is 34.9 Å². The molecule has 0 aliphatic carbocycles. The molecule has 0 aromatic heterocycles. The first-order valence-corrected chi connectivity index (χ1v) is 11.0. The summed E-state index contributed by atoms with van der Waals surface area (Å²) in [6.07, 6.45) is 1.12. The van der Waals surface area contributed by atoms with Gasteiger partial charge in [-0.25, -0.2) is 9.13 Å². The molecule has 0 saturated heterocycles. The second kappa shape index (κ2) is 10.1. The van der Waals surface area contributed by atoms with Gasteiger partial charge in [0.1, 0.15) is 0 Å². The molecule has 0 fully saturated rings. The van der Waals surface area contributed by atoms with Gasteiger partial charge in [-0.2, -0.15) is 0 Å². The zero-order chi connectivity index (χ0) is 21.6. The molecule has 0 saturated carbocycles. The van der Waals surface area contributed by atoms with Crippen LogP contribution >= 0.6 is 15.6 Å². The SMILES string of the molecule is CCc1cc(C(C)(C)C)cc(C(C)(C)C)c1.O=P(O)(O)O.O=P(O)(O)O. The van der Waals surface area contributed by atoms with Crippen LogP contribution in [-0.4, -0.2) is 29.4 Å². The Bertz CT molecular complexity index is 578. The monoisotopic (exact) mass is 414 g/mol. The predicted molar refractivity (Wildman–Crippen MR) is 102 cm³/mol. The topological polar surface area (TPSA) is 156 Å². The van der Waals surface area contributed by atoms with E-state index in [1.807, 2.05) is 0 Å². The molecule has 0 atom stereocenters. The van der Waals surface area contributed by atoms with Crippen LogP contribution in [0.25, 0.3) is 0 Å². The number of benzene rings is 1. The Morgan fingerprint density at radius 1 is 0.692 bits per heavy atom. The highest BCUT2D eigenvalue weighted by molar-refractivity contribution is 7.45. The smallest absolute Gasteiger partial charge is 0.303 e. The molecule has 26 heavy (non-hydrogen) atoms. The Labute approximate surface area is 155 Å². The predicted octanol–water partition coefficient (Wildman–Crippen LogP) is 2.99. The first-order chi connectivity index (χ1) is 11.1. The molecule has 0 aliphatic heterocycles. The summed E-state index contributed by atoms with van der Waals surface area (Å²) in [6.45, 7) is 15.9. The number of hydrogen-bond donors (Lipinski definition) is 6. The van der Waals surface area contributed by atoms with Crippen molar-refractivity contribution in [1.82, 2.24) is 0 Å². The molecule has 8 nitrogen and oxygen atoms in total. The third kappa shape index (κ3) is 18.2. The van der Waals surface area contributed by atoms with E-state index in [9.17, 15) is 0 Å². The van der Waals surface area contributed by atoms with Gasteiger partial charge >= 0.3 is 15.6 Å². The molecule has 0 unspecified atom stereocenters.